The largest absolute Gasteiger partial charge is 0.262 e. The zero-order chi connectivity index (χ0) is 12.5. The number of hydrogen-bond donors (Lipinski definition) is 0. The Morgan fingerprint density at radius 2 is 1.67 bits per heavy atom. The third-order valence-electron chi connectivity index (χ3n) is 3.20. The Labute approximate surface area is 105 Å². The van der Waals surface area contributed by atoms with E-state index >= 15 is 0 Å². The van der Waals surface area contributed by atoms with Gasteiger partial charge >= 0.3 is 0 Å². The van der Waals surface area contributed by atoms with E-state index in [4.69, 9.17) is 0 Å². The van der Waals surface area contributed by atoms with E-state index < -0.39 is 0 Å². The molecule has 18 heavy (non-hydrogen) atoms. The molecule has 0 fully saturated rings. The van der Waals surface area contributed by atoms with Crippen molar-refractivity contribution in [2.45, 2.75) is 6.92 Å². The Morgan fingerprint density at radius 1 is 0.889 bits per heavy atom. The van der Waals surface area contributed by atoms with Crippen LogP contribution in [0, 0.1) is 12.7 Å². The highest BCUT2D eigenvalue weighted by molar-refractivity contribution is 5.98. The molecule has 2 heteroatoms. The number of aromatic nitrogens is 1. The maximum atomic E-state index is 13.8. The van der Waals surface area contributed by atoms with Crippen LogP contribution in [0.3, 0.4) is 0 Å². The summed E-state index contributed by atoms with van der Waals surface area (Å²) in [6, 6.07) is 13.8. The van der Waals surface area contributed by atoms with Crippen molar-refractivity contribution in [1.29, 1.82) is 0 Å². The predicted octanol–water partition coefficient (Wildman–Crippen LogP) is 4.35. The summed E-state index contributed by atoms with van der Waals surface area (Å²) in [5.41, 5.74) is 2.71. The zero-order valence-corrected chi connectivity index (χ0v) is 10.0. The van der Waals surface area contributed by atoms with E-state index in [1.165, 1.54) is 11.8 Å². The normalized spacial score (nSPS) is 10.8. The van der Waals surface area contributed by atoms with Crippen LogP contribution in [0.5, 0.6) is 0 Å². The molecule has 0 N–H and O–H groups in total. The van der Waals surface area contributed by atoms with E-state index in [-0.39, 0.29) is 5.82 Å². The lowest BCUT2D eigenvalue weighted by atomic mass is 9.96. The van der Waals surface area contributed by atoms with Crippen LogP contribution in [0.4, 0.5) is 4.39 Å². The highest BCUT2D eigenvalue weighted by atomic mass is 19.1. The Hall–Kier alpha value is -2.22. The molecular weight excluding hydrogens is 225 g/mol. The lowest BCUT2D eigenvalue weighted by Crippen LogP contribution is -1.88. The average Bonchev–Trinajstić information content (AvgIpc) is 2.41. The molecule has 0 amide bonds. The molecule has 1 aromatic heterocycles. The van der Waals surface area contributed by atoms with Gasteiger partial charge in [0.2, 0.25) is 0 Å². The van der Waals surface area contributed by atoms with Crippen LogP contribution in [0.15, 0.2) is 54.9 Å². The second-order valence-corrected chi connectivity index (χ2v) is 4.33. The van der Waals surface area contributed by atoms with Gasteiger partial charge in [-0.1, -0.05) is 36.4 Å². The first-order valence-corrected chi connectivity index (χ1v) is 5.85. The molecule has 0 aliphatic rings. The fourth-order valence-corrected chi connectivity index (χ4v) is 2.28. The van der Waals surface area contributed by atoms with Gasteiger partial charge in [0.05, 0.1) is 6.20 Å². The monoisotopic (exact) mass is 237 g/mol. The molecule has 0 bridgehead atoms. The molecule has 0 saturated heterocycles. The minimum atomic E-state index is -0.286. The van der Waals surface area contributed by atoms with Crippen molar-refractivity contribution in [3.8, 4) is 11.1 Å². The number of fused-ring (bicyclic) bond motifs is 1. The molecular formula is C16H12FN. The standard InChI is InChI=1S/C16H12FN/c1-11-6-7-14(13-5-3-2-4-12(11)13)15-8-9-18-10-16(15)17/h2-10H,1H3. The van der Waals surface area contributed by atoms with Crippen molar-refractivity contribution in [1.82, 2.24) is 4.98 Å². The molecule has 2 aromatic carbocycles. The first kappa shape index (κ1) is 10.9. The molecule has 1 nitrogen and oxygen atoms in total. The van der Waals surface area contributed by atoms with E-state index in [0.717, 1.165) is 16.3 Å². The fraction of sp³-hybridized carbons (Fsp3) is 0.0625. The van der Waals surface area contributed by atoms with Crippen molar-refractivity contribution < 1.29 is 4.39 Å². The molecule has 3 rings (SSSR count). The van der Waals surface area contributed by atoms with Gasteiger partial charge < -0.3 is 0 Å². The molecule has 0 atom stereocenters. The molecule has 0 unspecified atom stereocenters. The topological polar surface area (TPSA) is 12.9 Å². The lowest BCUT2D eigenvalue weighted by molar-refractivity contribution is 0.625. The van der Waals surface area contributed by atoms with Crippen LogP contribution in [0.1, 0.15) is 5.56 Å². The first-order chi connectivity index (χ1) is 8.77. The maximum Gasteiger partial charge on any atom is 0.149 e. The average molecular weight is 237 g/mol. The number of hydrogen-bond acceptors (Lipinski definition) is 1. The van der Waals surface area contributed by atoms with Gasteiger partial charge in [0, 0.05) is 11.8 Å². The van der Waals surface area contributed by atoms with Crippen molar-refractivity contribution in [2.75, 3.05) is 0 Å². The van der Waals surface area contributed by atoms with Crippen LogP contribution in [-0.2, 0) is 0 Å². The van der Waals surface area contributed by atoms with Crippen LogP contribution in [-0.4, -0.2) is 4.98 Å². The van der Waals surface area contributed by atoms with E-state index in [0.29, 0.717) is 5.56 Å². The fourth-order valence-electron chi connectivity index (χ4n) is 2.28. The van der Waals surface area contributed by atoms with E-state index in [2.05, 4.69) is 18.0 Å². The van der Waals surface area contributed by atoms with Gasteiger partial charge in [-0.2, -0.15) is 0 Å². The van der Waals surface area contributed by atoms with E-state index in [1.807, 2.05) is 30.3 Å². The summed E-state index contributed by atoms with van der Waals surface area (Å²) < 4.78 is 13.8. The Balaban J connectivity index is 2.38. The quantitative estimate of drug-likeness (QED) is 0.613. The van der Waals surface area contributed by atoms with Gasteiger partial charge in [-0.15, -0.1) is 0 Å². The minimum Gasteiger partial charge on any atom is -0.262 e. The first-order valence-electron chi connectivity index (χ1n) is 5.85. The molecule has 0 saturated carbocycles. The van der Waals surface area contributed by atoms with Gasteiger partial charge in [0.25, 0.3) is 0 Å². The molecule has 3 aromatic rings. The van der Waals surface area contributed by atoms with Crippen LogP contribution in [0.2, 0.25) is 0 Å². The van der Waals surface area contributed by atoms with Gasteiger partial charge in [0.1, 0.15) is 5.82 Å². The second-order valence-electron chi connectivity index (χ2n) is 4.33. The highest BCUT2D eigenvalue weighted by Gasteiger charge is 2.09. The lowest BCUT2D eigenvalue weighted by Gasteiger charge is -2.09. The highest BCUT2D eigenvalue weighted by Crippen LogP contribution is 2.31. The molecule has 0 aliphatic carbocycles. The van der Waals surface area contributed by atoms with Gasteiger partial charge in [-0.25, -0.2) is 4.39 Å². The van der Waals surface area contributed by atoms with Crippen molar-refractivity contribution in [3.05, 3.63) is 66.2 Å². The molecule has 0 radical (unpaired) electrons. The third-order valence-corrected chi connectivity index (χ3v) is 3.20. The van der Waals surface area contributed by atoms with Crippen LogP contribution >= 0.6 is 0 Å². The Kier molecular flexibility index (Phi) is 2.56. The van der Waals surface area contributed by atoms with Gasteiger partial charge in [-0.05, 0) is 34.9 Å². The summed E-state index contributed by atoms with van der Waals surface area (Å²) in [4.78, 5) is 3.79. The van der Waals surface area contributed by atoms with Crippen molar-refractivity contribution >= 4 is 10.8 Å². The number of benzene rings is 2. The number of pyridine rings is 1. The molecule has 0 aliphatic heterocycles. The van der Waals surface area contributed by atoms with E-state index in [9.17, 15) is 4.39 Å². The minimum absolute atomic E-state index is 0.286. The van der Waals surface area contributed by atoms with Crippen LogP contribution < -0.4 is 0 Å². The summed E-state index contributed by atoms with van der Waals surface area (Å²) in [5.74, 6) is -0.286. The van der Waals surface area contributed by atoms with E-state index in [1.54, 1.807) is 12.3 Å². The predicted molar refractivity (Wildman–Crippen MR) is 71.9 cm³/mol. The second kappa shape index (κ2) is 4.22. The SMILES string of the molecule is Cc1ccc(-c2ccncc2F)c2ccccc12. The van der Waals surface area contributed by atoms with Crippen LogP contribution in [0.25, 0.3) is 21.9 Å². The number of nitrogens with zero attached hydrogens (tertiary/aromatic N) is 1. The Morgan fingerprint density at radius 3 is 2.44 bits per heavy atom. The van der Waals surface area contributed by atoms with Crippen molar-refractivity contribution in [3.63, 3.8) is 0 Å². The maximum absolute atomic E-state index is 13.8. The molecule has 88 valence electrons. The summed E-state index contributed by atoms with van der Waals surface area (Å²) in [6.07, 6.45) is 2.87. The smallest absolute Gasteiger partial charge is 0.149 e. The number of rotatable bonds is 1. The van der Waals surface area contributed by atoms with Gasteiger partial charge in [0.15, 0.2) is 0 Å². The van der Waals surface area contributed by atoms with Crippen molar-refractivity contribution in [2.24, 2.45) is 0 Å². The summed E-state index contributed by atoms with van der Waals surface area (Å²) in [6.45, 7) is 2.06. The molecule has 1 heterocycles. The number of aryl methyl sites for hydroxylation is 1. The summed E-state index contributed by atoms with van der Waals surface area (Å²) >= 11 is 0. The van der Waals surface area contributed by atoms with Gasteiger partial charge in [-0.3, -0.25) is 4.98 Å². The summed E-state index contributed by atoms with van der Waals surface area (Å²) in [5, 5.41) is 2.23. The Bertz CT molecular complexity index is 719. The summed E-state index contributed by atoms with van der Waals surface area (Å²) in [7, 11) is 0. The molecule has 0 spiro atoms. The third kappa shape index (κ3) is 1.66. The zero-order valence-electron chi connectivity index (χ0n) is 10.0. The number of halogens is 1.